The van der Waals surface area contributed by atoms with E-state index in [9.17, 15) is 0 Å². The van der Waals surface area contributed by atoms with Crippen LogP contribution in [0.2, 0.25) is 0 Å². The first kappa shape index (κ1) is 12.1. The maximum Gasteiger partial charge on any atom is 0.180 e. The van der Waals surface area contributed by atoms with Crippen LogP contribution in [0.3, 0.4) is 0 Å². The van der Waals surface area contributed by atoms with Crippen molar-refractivity contribution in [2.24, 2.45) is 0 Å². The molecule has 1 N–H and O–H groups in total. The molecule has 0 spiro atoms. The highest BCUT2D eigenvalue weighted by atomic mass is 16.5. The van der Waals surface area contributed by atoms with Crippen LogP contribution in [0, 0.1) is 0 Å². The van der Waals surface area contributed by atoms with E-state index in [0.29, 0.717) is 12.6 Å². The van der Waals surface area contributed by atoms with Crippen LogP contribution in [0.25, 0.3) is 0 Å². The number of hydrogen-bond acceptors (Lipinski definition) is 4. The predicted octanol–water partition coefficient (Wildman–Crippen LogP) is 3.61. The Balaban J connectivity index is 1.53. The average Bonchev–Trinajstić information content (AvgIpc) is 3.11. The maximum atomic E-state index is 5.92. The fraction of sp³-hybridized carbons (Fsp3) is 0.400. The molecule has 1 aromatic carbocycles. The number of benzene rings is 1. The van der Waals surface area contributed by atoms with Crippen LogP contribution < -0.4 is 10.1 Å². The number of ether oxygens (including phenoxy) is 1. The first-order valence-corrected chi connectivity index (χ1v) is 6.78. The predicted molar refractivity (Wildman–Crippen MR) is 73.2 cm³/mol. The summed E-state index contributed by atoms with van der Waals surface area (Å²) in [4.78, 5) is 3.88. The van der Waals surface area contributed by atoms with Gasteiger partial charge in [-0.25, -0.2) is 4.98 Å². The highest BCUT2D eigenvalue weighted by Gasteiger charge is 2.16. The van der Waals surface area contributed by atoms with Gasteiger partial charge in [-0.05, 0) is 49.9 Å². The normalized spacial score (nSPS) is 15.6. The fourth-order valence-electron chi connectivity index (χ4n) is 2.37. The van der Waals surface area contributed by atoms with Crippen molar-refractivity contribution in [3.05, 3.63) is 42.6 Å². The molecule has 1 saturated carbocycles. The fourth-order valence-corrected chi connectivity index (χ4v) is 2.37. The molecule has 0 unspecified atom stereocenters. The lowest BCUT2D eigenvalue weighted by atomic mass is 10.2. The van der Waals surface area contributed by atoms with E-state index >= 15 is 0 Å². The molecule has 0 saturated heterocycles. The summed E-state index contributed by atoms with van der Waals surface area (Å²) in [5, 5.41) is 3.28. The van der Waals surface area contributed by atoms with Gasteiger partial charge in [0.25, 0.3) is 0 Å². The molecule has 1 aliphatic carbocycles. The Morgan fingerprint density at radius 2 is 2.00 bits per heavy atom. The van der Waals surface area contributed by atoms with Gasteiger partial charge in [0, 0.05) is 5.69 Å². The van der Waals surface area contributed by atoms with Crippen molar-refractivity contribution in [1.29, 1.82) is 0 Å². The molecule has 0 radical (unpaired) electrons. The Morgan fingerprint density at radius 1 is 1.21 bits per heavy atom. The van der Waals surface area contributed by atoms with Gasteiger partial charge >= 0.3 is 0 Å². The summed E-state index contributed by atoms with van der Waals surface area (Å²) in [5.74, 6) is 1.78. The van der Waals surface area contributed by atoms with Crippen LogP contribution in [-0.2, 0) is 6.54 Å². The van der Waals surface area contributed by atoms with Gasteiger partial charge in [0.05, 0.1) is 18.8 Å². The van der Waals surface area contributed by atoms with Crippen LogP contribution in [0.5, 0.6) is 5.75 Å². The molecule has 2 aromatic rings. The number of oxazole rings is 1. The summed E-state index contributed by atoms with van der Waals surface area (Å²) in [7, 11) is 0. The Kier molecular flexibility index (Phi) is 3.68. The van der Waals surface area contributed by atoms with Crippen molar-refractivity contribution in [1.82, 2.24) is 4.98 Å². The molecule has 3 rings (SSSR count). The van der Waals surface area contributed by atoms with Crippen molar-refractivity contribution in [2.45, 2.75) is 38.3 Å². The van der Waals surface area contributed by atoms with Gasteiger partial charge in [-0.1, -0.05) is 0 Å². The Morgan fingerprint density at radius 3 is 2.68 bits per heavy atom. The molecular formula is C15H18N2O2. The Hall–Kier alpha value is -1.97. The molecular weight excluding hydrogens is 240 g/mol. The highest BCUT2D eigenvalue weighted by Crippen LogP contribution is 2.25. The summed E-state index contributed by atoms with van der Waals surface area (Å²) in [5.41, 5.74) is 1.05. The van der Waals surface area contributed by atoms with Gasteiger partial charge in [-0.2, -0.15) is 0 Å². The van der Waals surface area contributed by atoms with E-state index in [2.05, 4.69) is 10.3 Å². The van der Waals surface area contributed by atoms with E-state index < -0.39 is 0 Å². The molecule has 0 atom stereocenters. The number of nitrogens with zero attached hydrogens (tertiary/aromatic N) is 1. The van der Waals surface area contributed by atoms with E-state index in [1.54, 1.807) is 6.20 Å². The van der Waals surface area contributed by atoms with Gasteiger partial charge in [-0.3, -0.25) is 0 Å². The number of anilines is 1. The second-order valence-electron chi connectivity index (χ2n) is 4.87. The van der Waals surface area contributed by atoms with Gasteiger partial charge in [0.1, 0.15) is 11.5 Å². The SMILES string of the molecule is c1ncc(CNc2ccc(OC3CCCC3)cc2)o1. The second-order valence-corrected chi connectivity index (χ2v) is 4.87. The lowest BCUT2D eigenvalue weighted by Crippen LogP contribution is -2.10. The van der Waals surface area contributed by atoms with Gasteiger partial charge in [0.2, 0.25) is 0 Å². The van der Waals surface area contributed by atoms with Crippen LogP contribution in [0.4, 0.5) is 5.69 Å². The van der Waals surface area contributed by atoms with E-state index in [0.717, 1.165) is 17.2 Å². The zero-order chi connectivity index (χ0) is 12.9. The average molecular weight is 258 g/mol. The summed E-state index contributed by atoms with van der Waals surface area (Å²) >= 11 is 0. The smallest absolute Gasteiger partial charge is 0.180 e. The molecule has 1 aliphatic rings. The van der Waals surface area contributed by atoms with Crippen LogP contribution in [-0.4, -0.2) is 11.1 Å². The summed E-state index contributed by atoms with van der Waals surface area (Å²) in [6.07, 6.45) is 8.52. The largest absolute Gasteiger partial charge is 0.490 e. The van der Waals surface area contributed by atoms with E-state index in [1.807, 2.05) is 24.3 Å². The topological polar surface area (TPSA) is 47.3 Å². The summed E-state index contributed by atoms with van der Waals surface area (Å²) < 4.78 is 11.1. The van der Waals surface area contributed by atoms with Crippen molar-refractivity contribution in [2.75, 3.05) is 5.32 Å². The first-order chi connectivity index (χ1) is 9.40. The molecule has 100 valence electrons. The molecule has 1 aromatic heterocycles. The second kappa shape index (κ2) is 5.78. The minimum Gasteiger partial charge on any atom is -0.490 e. The zero-order valence-electron chi connectivity index (χ0n) is 10.8. The quantitative estimate of drug-likeness (QED) is 0.890. The summed E-state index contributed by atoms with van der Waals surface area (Å²) in [6.45, 7) is 0.642. The minimum atomic E-state index is 0.410. The molecule has 0 aliphatic heterocycles. The summed E-state index contributed by atoms with van der Waals surface area (Å²) in [6, 6.07) is 8.09. The van der Waals surface area contributed by atoms with Crippen molar-refractivity contribution < 1.29 is 9.15 Å². The number of hydrogen-bond donors (Lipinski definition) is 1. The third kappa shape index (κ3) is 3.28. The van der Waals surface area contributed by atoms with Gasteiger partial charge in [-0.15, -0.1) is 0 Å². The Labute approximate surface area is 112 Å². The number of nitrogens with one attached hydrogen (secondary N) is 1. The maximum absolute atomic E-state index is 5.92. The number of rotatable bonds is 5. The van der Waals surface area contributed by atoms with Crippen molar-refractivity contribution in [3.63, 3.8) is 0 Å². The van der Waals surface area contributed by atoms with Crippen LogP contribution in [0.1, 0.15) is 31.4 Å². The van der Waals surface area contributed by atoms with Gasteiger partial charge < -0.3 is 14.5 Å². The molecule has 0 amide bonds. The third-order valence-corrected chi connectivity index (χ3v) is 3.41. The molecule has 19 heavy (non-hydrogen) atoms. The van der Waals surface area contributed by atoms with Crippen LogP contribution in [0.15, 0.2) is 41.3 Å². The number of aromatic nitrogens is 1. The molecule has 4 nitrogen and oxygen atoms in total. The van der Waals surface area contributed by atoms with Gasteiger partial charge in [0.15, 0.2) is 6.39 Å². The monoisotopic (exact) mass is 258 g/mol. The molecule has 1 fully saturated rings. The molecule has 4 heteroatoms. The molecule has 0 bridgehead atoms. The first-order valence-electron chi connectivity index (χ1n) is 6.78. The van der Waals surface area contributed by atoms with E-state index in [4.69, 9.17) is 9.15 Å². The van der Waals surface area contributed by atoms with Crippen LogP contribution >= 0.6 is 0 Å². The third-order valence-electron chi connectivity index (χ3n) is 3.41. The lowest BCUT2D eigenvalue weighted by molar-refractivity contribution is 0.210. The molecule has 1 heterocycles. The van der Waals surface area contributed by atoms with Crippen molar-refractivity contribution in [3.8, 4) is 5.75 Å². The van der Waals surface area contributed by atoms with Crippen molar-refractivity contribution >= 4 is 5.69 Å². The standard InChI is InChI=1S/C15H18N2O2/c1-2-4-13(3-1)19-14-7-5-12(6-8-14)17-10-15-9-16-11-18-15/h5-9,11,13,17H,1-4,10H2. The van der Waals surface area contributed by atoms with E-state index in [-0.39, 0.29) is 0 Å². The highest BCUT2D eigenvalue weighted by molar-refractivity contribution is 5.46. The van der Waals surface area contributed by atoms with E-state index in [1.165, 1.54) is 32.1 Å². The zero-order valence-corrected chi connectivity index (χ0v) is 10.8. The minimum absolute atomic E-state index is 0.410. The lowest BCUT2D eigenvalue weighted by Gasteiger charge is -2.13. The Bertz CT molecular complexity index is 487.